The van der Waals surface area contributed by atoms with E-state index in [1.54, 1.807) is 0 Å². The standard InChI is InChI=1S/C27H48O3/c1-5-6-7-8-13-27(4,30)24-10-9-20-19-17-23(29)22-16-18(28)11-14-25(22,2)21(19)12-15-26(20,24)3/h18-24,28-30H,5-17H2,1-4H3/t18?,19?,20?,21-,22?,23-,24?,25?,26?,27-/m0/s1. The smallest absolute Gasteiger partial charge is 0.0653 e. The highest BCUT2D eigenvalue weighted by atomic mass is 16.3. The molecule has 0 heterocycles. The van der Waals surface area contributed by atoms with Crippen molar-refractivity contribution in [2.45, 2.75) is 129 Å². The zero-order chi connectivity index (χ0) is 21.7. The van der Waals surface area contributed by atoms with Crippen molar-refractivity contribution < 1.29 is 15.3 Å². The summed E-state index contributed by atoms with van der Waals surface area (Å²) < 4.78 is 0. The topological polar surface area (TPSA) is 60.7 Å². The Hall–Kier alpha value is -0.120. The summed E-state index contributed by atoms with van der Waals surface area (Å²) in [7, 11) is 0. The molecule has 3 nitrogen and oxygen atoms in total. The molecule has 0 aromatic carbocycles. The third kappa shape index (κ3) is 3.69. The number of hydrogen-bond donors (Lipinski definition) is 3. The maximum Gasteiger partial charge on any atom is 0.0653 e. The third-order valence-electron chi connectivity index (χ3n) is 10.9. The predicted molar refractivity (Wildman–Crippen MR) is 122 cm³/mol. The van der Waals surface area contributed by atoms with Crippen LogP contribution in [0, 0.1) is 40.4 Å². The molecule has 174 valence electrons. The maximum absolute atomic E-state index is 11.6. The van der Waals surface area contributed by atoms with E-state index in [9.17, 15) is 15.3 Å². The SMILES string of the molecule is CCCCCC[C@](C)(O)C1CCC2C3C[C@H](O)C4CC(O)CCC4(C)[C@H]3CCC21C. The Labute approximate surface area is 185 Å². The second-order valence-corrected chi connectivity index (χ2v) is 12.6. The van der Waals surface area contributed by atoms with Gasteiger partial charge in [-0.2, -0.15) is 0 Å². The Balaban J connectivity index is 1.52. The average molecular weight is 421 g/mol. The molecule has 0 spiro atoms. The van der Waals surface area contributed by atoms with Gasteiger partial charge < -0.3 is 15.3 Å². The van der Waals surface area contributed by atoms with Crippen LogP contribution in [0.2, 0.25) is 0 Å². The second kappa shape index (κ2) is 8.34. The van der Waals surface area contributed by atoms with Gasteiger partial charge in [-0.05, 0) is 105 Å². The lowest BCUT2D eigenvalue weighted by atomic mass is 9.43. The van der Waals surface area contributed by atoms with Crippen molar-refractivity contribution in [3.8, 4) is 0 Å². The zero-order valence-corrected chi connectivity index (χ0v) is 20.1. The fourth-order valence-corrected chi connectivity index (χ4v) is 9.38. The van der Waals surface area contributed by atoms with E-state index in [4.69, 9.17) is 0 Å². The highest BCUT2D eigenvalue weighted by molar-refractivity contribution is 5.13. The summed E-state index contributed by atoms with van der Waals surface area (Å²) in [4.78, 5) is 0. The molecule has 3 N–H and O–H groups in total. The molecule has 3 heteroatoms. The zero-order valence-electron chi connectivity index (χ0n) is 20.1. The highest BCUT2D eigenvalue weighted by Crippen LogP contribution is 2.68. The van der Waals surface area contributed by atoms with Crippen molar-refractivity contribution in [3.63, 3.8) is 0 Å². The fourth-order valence-electron chi connectivity index (χ4n) is 9.38. The van der Waals surface area contributed by atoms with Crippen LogP contribution in [0.4, 0.5) is 0 Å². The molecule has 0 aromatic rings. The van der Waals surface area contributed by atoms with Crippen molar-refractivity contribution in [1.82, 2.24) is 0 Å². The maximum atomic E-state index is 11.6. The summed E-state index contributed by atoms with van der Waals surface area (Å²) in [5.41, 5.74) is -0.158. The minimum absolute atomic E-state index is 0.184. The molecule has 4 saturated carbocycles. The van der Waals surface area contributed by atoms with Crippen LogP contribution < -0.4 is 0 Å². The molecule has 30 heavy (non-hydrogen) atoms. The van der Waals surface area contributed by atoms with Gasteiger partial charge in [-0.1, -0.05) is 46.5 Å². The number of hydrogen-bond acceptors (Lipinski definition) is 3. The van der Waals surface area contributed by atoms with Crippen LogP contribution in [0.1, 0.15) is 111 Å². The molecule has 0 bridgehead atoms. The summed E-state index contributed by atoms with van der Waals surface area (Å²) in [6.07, 6.45) is 13.9. The highest BCUT2D eigenvalue weighted by Gasteiger charge is 2.63. The van der Waals surface area contributed by atoms with Crippen LogP contribution in [0.5, 0.6) is 0 Å². The average Bonchev–Trinajstić information content (AvgIpc) is 3.05. The minimum atomic E-state index is -0.557. The molecule has 10 atom stereocenters. The van der Waals surface area contributed by atoms with Crippen molar-refractivity contribution >= 4 is 0 Å². The lowest BCUT2D eigenvalue weighted by molar-refractivity contribution is -0.179. The number of aliphatic hydroxyl groups excluding tert-OH is 2. The van der Waals surface area contributed by atoms with Gasteiger partial charge in [0.1, 0.15) is 0 Å². The van der Waals surface area contributed by atoms with E-state index in [1.807, 2.05) is 0 Å². The van der Waals surface area contributed by atoms with Gasteiger partial charge >= 0.3 is 0 Å². The van der Waals surface area contributed by atoms with Gasteiger partial charge in [-0.25, -0.2) is 0 Å². The van der Waals surface area contributed by atoms with Gasteiger partial charge in [-0.3, -0.25) is 0 Å². The molecular formula is C27H48O3. The molecule has 4 fully saturated rings. The van der Waals surface area contributed by atoms with Gasteiger partial charge in [-0.15, -0.1) is 0 Å². The van der Waals surface area contributed by atoms with Crippen molar-refractivity contribution in [1.29, 1.82) is 0 Å². The predicted octanol–water partition coefficient (Wildman–Crippen LogP) is 5.70. The van der Waals surface area contributed by atoms with Crippen LogP contribution in [0.3, 0.4) is 0 Å². The van der Waals surface area contributed by atoms with Crippen LogP contribution in [-0.2, 0) is 0 Å². The number of aliphatic hydroxyl groups is 3. The third-order valence-corrected chi connectivity index (χ3v) is 10.9. The van der Waals surface area contributed by atoms with Gasteiger partial charge in [0.2, 0.25) is 0 Å². The Kier molecular flexibility index (Phi) is 6.41. The summed E-state index contributed by atoms with van der Waals surface area (Å²) in [5.74, 6) is 2.59. The van der Waals surface area contributed by atoms with Crippen LogP contribution in [-0.4, -0.2) is 33.1 Å². The lowest BCUT2D eigenvalue weighted by Gasteiger charge is -2.62. The molecule has 4 aliphatic rings. The Morgan fingerprint density at radius 3 is 2.27 bits per heavy atom. The fraction of sp³-hybridized carbons (Fsp3) is 1.00. The Bertz CT molecular complexity index is 603. The molecule has 0 aliphatic heterocycles. The van der Waals surface area contributed by atoms with E-state index in [1.165, 1.54) is 38.5 Å². The first-order valence-electron chi connectivity index (χ1n) is 13.2. The molecule has 7 unspecified atom stereocenters. The number of unbranched alkanes of at least 4 members (excludes halogenated alkanes) is 3. The molecule has 0 saturated heterocycles. The van der Waals surface area contributed by atoms with Crippen LogP contribution >= 0.6 is 0 Å². The van der Waals surface area contributed by atoms with Crippen molar-refractivity contribution in [3.05, 3.63) is 0 Å². The van der Waals surface area contributed by atoms with E-state index in [0.717, 1.165) is 44.9 Å². The van der Waals surface area contributed by atoms with Gasteiger partial charge in [0, 0.05) is 0 Å². The number of fused-ring (bicyclic) bond motifs is 5. The van der Waals surface area contributed by atoms with Crippen LogP contribution in [0.15, 0.2) is 0 Å². The molecule has 4 aliphatic carbocycles. The first-order valence-corrected chi connectivity index (χ1v) is 13.2. The molecule has 0 amide bonds. The van der Waals surface area contributed by atoms with E-state index in [2.05, 4.69) is 27.7 Å². The Morgan fingerprint density at radius 1 is 0.833 bits per heavy atom. The van der Waals surface area contributed by atoms with Crippen molar-refractivity contribution in [2.24, 2.45) is 40.4 Å². The monoisotopic (exact) mass is 420 g/mol. The van der Waals surface area contributed by atoms with Crippen molar-refractivity contribution in [2.75, 3.05) is 0 Å². The molecular weight excluding hydrogens is 372 g/mol. The minimum Gasteiger partial charge on any atom is -0.393 e. The quantitative estimate of drug-likeness (QED) is 0.483. The largest absolute Gasteiger partial charge is 0.393 e. The van der Waals surface area contributed by atoms with E-state index in [0.29, 0.717) is 23.7 Å². The first kappa shape index (κ1) is 23.1. The van der Waals surface area contributed by atoms with E-state index >= 15 is 0 Å². The van der Waals surface area contributed by atoms with Gasteiger partial charge in [0.05, 0.1) is 17.8 Å². The summed E-state index contributed by atoms with van der Waals surface area (Å²) >= 11 is 0. The lowest BCUT2D eigenvalue weighted by Crippen LogP contribution is -2.59. The second-order valence-electron chi connectivity index (χ2n) is 12.6. The normalized spacial score (nSPS) is 50.3. The molecule has 0 radical (unpaired) electrons. The van der Waals surface area contributed by atoms with Crippen LogP contribution in [0.25, 0.3) is 0 Å². The summed E-state index contributed by atoms with van der Waals surface area (Å²) in [6, 6.07) is 0. The van der Waals surface area contributed by atoms with E-state index in [-0.39, 0.29) is 29.0 Å². The van der Waals surface area contributed by atoms with Gasteiger partial charge in [0.15, 0.2) is 0 Å². The number of rotatable bonds is 6. The van der Waals surface area contributed by atoms with Gasteiger partial charge in [0.25, 0.3) is 0 Å². The first-order chi connectivity index (χ1) is 14.1. The summed E-state index contributed by atoms with van der Waals surface area (Å²) in [5, 5.41) is 33.0. The molecule has 0 aromatic heterocycles. The Morgan fingerprint density at radius 2 is 1.53 bits per heavy atom. The van der Waals surface area contributed by atoms with E-state index < -0.39 is 5.60 Å². The summed E-state index contributed by atoms with van der Waals surface area (Å²) in [6.45, 7) is 9.29. The molecule has 4 rings (SSSR count).